The van der Waals surface area contributed by atoms with Crippen LogP contribution in [-0.4, -0.2) is 21.3 Å². The van der Waals surface area contributed by atoms with Crippen LogP contribution in [0.1, 0.15) is 71.2 Å². The highest BCUT2D eigenvalue weighted by Crippen LogP contribution is 2.06. The van der Waals surface area contributed by atoms with Crippen molar-refractivity contribution in [3.63, 3.8) is 0 Å². The zero-order valence-electron chi connectivity index (χ0n) is 12.2. The molecule has 1 heterocycles. The summed E-state index contributed by atoms with van der Waals surface area (Å²) in [5.41, 5.74) is 0. The maximum absolute atomic E-state index is 4.29. The van der Waals surface area contributed by atoms with E-state index in [9.17, 15) is 0 Å². The Hall–Kier alpha value is -0.900. The first-order chi connectivity index (χ1) is 8.75. The molecule has 0 amide bonds. The van der Waals surface area contributed by atoms with Crippen LogP contribution in [0.3, 0.4) is 0 Å². The predicted molar refractivity (Wildman–Crippen MR) is 75.5 cm³/mol. The highest BCUT2D eigenvalue weighted by molar-refractivity contribution is 4.85. The first kappa shape index (κ1) is 15.2. The molecule has 0 saturated heterocycles. The molecule has 0 aliphatic rings. The second-order valence-electron chi connectivity index (χ2n) is 5.16. The number of hydrogen-bond donors (Lipinski definition) is 1. The maximum atomic E-state index is 4.29. The Morgan fingerprint density at radius 1 is 1.17 bits per heavy atom. The molecule has 0 aromatic carbocycles. The lowest BCUT2D eigenvalue weighted by Crippen LogP contribution is -2.19. The molecule has 1 N–H and O–H groups in total. The van der Waals surface area contributed by atoms with E-state index in [0.717, 1.165) is 18.9 Å². The fraction of sp³-hybridized carbons (Fsp3) is 0.857. The summed E-state index contributed by atoms with van der Waals surface area (Å²) in [7, 11) is 0. The van der Waals surface area contributed by atoms with E-state index in [1.165, 1.54) is 38.5 Å². The van der Waals surface area contributed by atoms with Gasteiger partial charge >= 0.3 is 0 Å². The number of nitrogens with one attached hydrogen (secondary N) is 1. The Kier molecular flexibility index (Phi) is 7.65. The number of aromatic nitrogens is 3. The van der Waals surface area contributed by atoms with Gasteiger partial charge in [-0.05, 0) is 26.8 Å². The van der Waals surface area contributed by atoms with E-state index in [4.69, 9.17) is 0 Å². The normalized spacial score (nSPS) is 11.3. The minimum Gasteiger partial charge on any atom is -0.310 e. The predicted octanol–water partition coefficient (Wildman–Crippen LogP) is 3.31. The van der Waals surface area contributed by atoms with Gasteiger partial charge in [0.2, 0.25) is 0 Å². The largest absolute Gasteiger partial charge is 0.310 e. The monoisotopic (exact) mass is 252 g/mol. The molecule has 0 aliphatic heterocycles. The minimum atomic E-state index is 0.387. The Morgan fingerprint density at radius 3 is 2.61 bits per heavy atom. The van der Waals surface area contributed by atoms with Gasteiger partial charge in [0.05, 0.1) is 6.54 Å². The molecular formula is C14H28N4. The summed E-state index contributed by atoms with van der Waals surface area (Å²) in [6, 6.07) is 0.387. The van der Waals surface area contributed by atoms with E-state index in [1.54, 1.807) is 6.33 Å². The standard InChI is InChI=1S/C14H28N4/c1-4-5-6-7-8-9-10-15-11-14-16-12-17-18(14)13(2)3/h12-13,15H,4-11H2,1-3H3. The lowest BCUT2D eigenvalue weighted by molar-refractivity contribution is 0.485. The molecule has 0 spiro atoms. The molecule has 4 heteroatoms. The van der Waals surface area contributed by atoms with Crippen LogP contribution >= 0.6 is 0 Å². The van der Waals surface area contributed by atoms with Gasteiger partial charge in [-0.1, -0.05) is 39.0 Å². The second kappa shape index (κ2) is 9.09. The zero-order chi connectivity index (χ0) is 13.2. The first-order valence-electron chi connectivity index (χ1n) is 7.34. The Balaban J connectivity index is 2.05. The molecule has 0 radical (unpaired) electrons. The SMILES string of the molecule is CCCCCCCCNCc1ncnn1C(C)C. The van der Waals surface area contributed by atoms with Crippen LogP contribution in [0.2, 0.25) is 0 Å². The average molecular weight is 252 g/mol. The highest BCUT2D eigenvalue weighted by atomic mass is 15.3. The molecule has 18 heavy (non-hydrogen) atoms. The van der Waals surface area contributed by atoms with E-state index in [2.05, 4.69) is 36.2 Å². The van der Waals surface area contributed by atoms with Crippen molar-refractivity contribution in [2.75, 3.05) is 6.54 Å². The van der Waals surface area contributed by atoms with Crippen LogP contribution in [0, 0.1) is 0 Å². The summed E-state index contributed by atoms with van der Waals surface area (Å²) in [6.45, 7) is 8.43. The van der Waals surface area contributed by atoms with Crippen LogP contribution in [-0.2, 0) is 6.54 Å². The molecule has 1 aromatic heterocycles. The summed E-state index contributed by atoms with van der Waals surface area (Å²) < 4.78 is 1.98. The molecule has 1 rings (SSSR count). The summed E-state index contributed by atoms with van der Waals surface area (Å²) in [6.07, 6.45) is 9.70. The van der Waals surface area contributed by atoms with Crippen LogP contribution in [0.4, 0.5) is 0 Å². The Labute approximate surface area is 111 Å². The van der Waals surface area contributed by atoms with Gasteiger partial charge in [-0.2, -0.15) is 5.10 Å². The van der Waals surface area contributed by atoms with E-state index >= 15 is 0 Å². The molecule has 4 nitrogen and oxygen atoms in total. The smallest absolute Gasteiger partial charge is 0.141 e. The number of hydrogen-bond acceptors (Lipinski definition) is 3. The molecule has 0 unspecified atom stereocenters. The van der Waals surface area contributed by atoms with Crippen LogP contribution in [0.15, 0.2) is 6.33 Å². The van der Waals surface area contributed by atoms with Crippen molar-refractivity contribution in [1.29, 1.82) is 0 Å². The zero-order valence-corrected chi connectivity index (χ0v) is 12.2. The number of rotatable bonds is 10. The number of nitrogens with zero attached hydrogens (tertiary/aromatic N) is 3. The van der Waals surface area contributed by atoms with Crippen molar-refractivity contribution in [2.45, 2.75) is 71.9 Å². The quantitative estimate of drug-likeness (QED) is 0.650. The average Bonchev–Trinajstić information content (AvgIpc) is 2.81. The van der Waals surface area contributed by atoms with Crippen molar-refractivity contribution in [3.05, 3.63) is 12.2 Å². The molecule has 1 aromatic rings. The molecular weight excluding hydrogens is 224 g/mol. The van der Waals surface area contributed by atoms with Crippen molar-refractivity contribution in [2.24, 2.45) is 0 Å². The van der Waals surface area contributed by atoms with Crippen LogP contribution < -0.4 is 5.32 Å². The van der Waals surface area contributed by atoms with Crippen LogP contribution in [0.5, 0.6) is 0 Å². The van der Waals surface area contributed by atoms with E-state index in [-0.39, 0.29) is 0 Å². The molecule has 0 saturated carbocycles. The van der Waals surface area contributed by atoms with Gasteiger partial charge in [-0.3, -0.25) is 0 Å². The summed E-state index contributed by atoms with van der Waals surface area (Å²) in [4.78, 5) is 4.29. The van der Waals surface area contributed by atoms with E-state index in [0.29, 0.717) is 6.04 Å². The van der Waals surface area contributed by atoms with Gasteiger partial charge in [0.25, 0.3) is 0 Å². The van der Waals surface area contributed by atoms with Crippen molar-refractivity contribution >= 4 is 0 Å². The third-order valence-corrected chi connectivity index (χ3v) is 3.13. The maximum Gasteiger partial charge on any atom is 0.141 e. The van der Waals surface area contributed by atoms with Gasteiger partial charge in [0.1, 0.15) is 12.2 Å². The third-order valence-electron chi connectivity index (χ3n) is 3.13. The fourth-order valence-electron chi connectivity index (χ4n) is 2.06. The molecule has 0 bridgehead atoms. The van der Waals surface area contributed by atoms with E-state index in [1.807, 2.05) is 4.68 Å². The minimum absolute atomic E-state index is 0.387. The third kappa shape index (κ3) is 5.63. The molecule has 0 aliphatic carbocycles. The van der Waals surface area contributed by atoms with Gasteiger partial charge in [0, 0.05) is 6.04 Å². The molecule has 0 fully saturated rings. The lowest BCUT2D eigenvalue weighted by atomic mass is 10.1. The van der Waals surface area contributed by atoms with Crippen molar-refractivity contribution in [1.82, 2.24) is 20.1 Å². The fourth-order valence-corrected chi connectivity index (χ4v) is 2.06. The van der Waals surface area contributed by atoms with Gasteiger partial charge in [0.15, 0.2) is 0 Å². The van der Waals surface area contributed by atoms with Gasteiger partial charge in [-0.25, -0.2) is 9.67 Å². The van der Waals surface area contributed by atoms with Gasteiger partial charge < -0.3 is 5.32 Å². The Bertz CT molecular complexity index is 306. The second-order valence-corrected chi connectivity index (χ2v) is 5.16. The molecule has 0 atom stereocenters. The highest BCUT2D eigenvalue weighted by Gasteiger charge is 2.06. The lowest BCUT2D eigenvalue weighted by Gasteiger charge is -2.10. The van der Waals surface area contributed by atoms with Crippen molar-refractivity contribution in [3.8, 4) is 0 Å². The van der Waals surface area contributed by atoms with Crippen LogP contribution in [0.25, 0.3) is 0 Å². The molecule has 104 valence electrons. The Morgan fingerprint density at radius 2 is 1.89 bits per heavy atom. The summed E-state index contributed by atoms with van der Waals surface area (Å²) in [5.74, 6) is 1.04. The van der Waals surface area contributed by atoms with Crippen molar-refractivity contribution < 1.29 is 0 Å². The summed E-state index contributed by atoms with van der Waals surface area (Å²) >= 11 is 0. The number of unbranched alkanes of at least 4 members (excludes halogenated alkanes) is 5. The first-order valence-corrected chi connectivity index (χ1v) is 7.34. The van der Waals surface area contributed by atoms with Gasteiger partial charge in [-0.15, -0.1) is 0 Å². The van der Waals surface area contributed by atoms with E-state index < -0.39 is 0 Å². The topological polar surface area (TPSA) is 42.7 Å². The summed E-state index contributed by atoms with van der Waals surface area (Å²) in [5, 5.41) is 7.68.